The first-order chi connectivity index (χ1) is 8.02. The molecule has 0 radical (unpaired) electrons. The van der Waals surface area contributed by atoms with Gasteiger partial charge >= 0.3 is 0 Å². The fraction of sp³-hybridized carbons (Fsp3) is 0.500. The number of alkyl halides is 2. The van der Waals surface area contributed by atoms with Crippen LogP contribution in [0.3, 0.4) is 0 Å². The predicted molar refractivity (Wildman–Crippen MR) is 66.8 cm³/mol. The predicted octanol–water partition coefficient (Wildman–Crippen LogP) is 2.55. The lowest BCUT2D eigenvalue weighted by atomic mass is 10.1. The molecule has 0 amide bonds. The molecule has 0 atom stereocenters. The summed E-state index contributed by atoms with van der Waals surface area (Å²) in [5, 5.41) is 3.06. The Hall–Kier alpha value is -1.52. The van der Waals surface area contributed by atoms with Crippen LogP contribution in [0.5, 0.6) is 0 Å². The van der Waals surface area contributed by atoms with Gasteiger partial charge in [0.1, 0.15) is 0 Å². The van der Waals surface area contributed by atoms with Crippen molar-refractivity contribution in [2.24, 2.45) is 0 Å². The van der Waals surface area contributed by atoms with Gasteiger partial charge in [0.05, 0.1) is 11.4 Å². The molecule has 94 valence electrons. The van der Waals surface area contributed by atoms with Crippen LogP contribution >= 0.6 is 0 Å². The number of hydrogen-bond donors (Lipinski definition) is 2. The van der Waals surface area contributed by atoms with E-state index in [4.69, 9.17) is 5.73 Å². The van der Waals surface area contributed by atoms with E-state index in [9.17, 15) is 8.78 Å². The normalized spacial score (nSPS) is 19.1. The van der Waals surface area contributed by atoms with Crippen molar-refractivity contribution in [3.8, 4) is 0 Å². The van der Waals surface area contributed by atoms with Crippen LogP contribution in [0.2, 0.25) is 0 Å². The molecular weight excluding hydrogens is 224 g/mol. The van der Waals surface area contributed by atoms with Crippen molar-refractivity contribution >= 4 is 17.1 Å². The van der Waals surface area contributed by atoms with Crippen molar-refractivity contribution < 1.29 is 8.78 Å². The monoisotopic (exact) mass is 241 g/mol. The molecule has 3 nitrogen and oxygen atoms in total. The Kier molecular flexibility index (Phi) is 3.09. The molecular formula is C12H17F2N3. The number of nitrogens with two attached hydrogens (primary N) is 1. The number of hydrogen-bond acceptors (Lipinski definition) is 3. The van der Waals surface area contributed by atoms with E-state index in [-0.39, 0.29) is 12.8 Å². The highest BCUT2D eigenvalue weighted by Gasteiger charge is 2.34. The van der Waals surface area contributed by atoms with Gasteiger partial charge in [-0.15, -0.1) is 0 Å². The maximum atomic E-state index is 13.1. The molecule has 3 N–H and O–H groups in total. The first-order valence-electron chi connectivity index (χ1n) is 5.72. The lowest BCUT2D eigenvalue weighted by molar-refractivity contribution is -0.0220. The standard InChI is InChI=1S/C12H17F2N3/c1-16-10-3-2-9(15)8-11(10)17-6-4-12(13,14)5-7-17/h2-3,8,16H,4-7,15H2,1H3. The van der Waals surface area contributed by atoms with Crippen molar-refractivity contribution in [2.45, 2.75) is 18.8 Å². The molecule has 17 heavy (non-hydrogen) atoms. The van der Waals surface area contributed by atoms with Gasteiger partial charge in [0.2, 0.25) is 0 Å². The zero-order valence-corrected chi connectivity index (χ0v) is 9.84. The Balaban J connectivity index is 2.20. The summed E-state index contributed by atoms with van der Waals surface area (Å²) in [6.07, 6.45) is -0.185. The molecule has 0 aromatic heterocycles. The number of benzene rings is 1. The van der Waals surface area contributed by atoms with E-state index in [0.717, 1.165) is 11.4 Å². The topological polar surface area (TPSA) is 41.3 Å². The minimum absolute atomic E-state index is 0.0923. The summed E-state index contributed by atoms with van der Waals surface area (Å²) in [5.41, 5.74) is 8.22. The summed E-state index contributed by atoms with van der Waals surface area (Å²) < 4.78 is 26.2. The van der Waals surface area contributed by atoms with Crippen LogP contribution in [0.4, 0.5) is 25.8 Å². The molecule has 1 aliphatic heterocycles. The summed E-state index contributed by atoms with van der Waals surface area (Å²) in [7, 11) is 1.81. The Morgan fingerprint density at radius 3 is 2.53 bits per heavy atom. The fourth-order valence-electron chi connectivity index (χ4n) is 2.10. The number of piperidine rings is 1. The van der Waals surface area contributed by atoms with E-state index in [1.807, 2.05) is 24.1 Å². The SMILES string of the molecule is CNc1ccc(N)cc1N1CCC(F)(F)CC1. The van der Waals surface area contributed by atoms with Crippen molar-refractivity contribution in [1.82, 2.24) is 0 Å². The van der Waals surface area contributed by atoms with Gasteiger partial charge in [0.15, 0.2) is 0 Å². The Morgan fingerprint density at radius 1 is 1.29 bits per heavy atom. The fourth-order valence-corrected chi connectivity index (χ4v) is 2.10. The van der Waals surface area contributed by atoms with E-state index in [1.165, 1.54) is 0 Å². The van der Waals surface area contributed by atoms with Crippen molar-refractivity contribution in [3.05, 3.63) is 18.2 Å². The highest BCUT2D eigenvalue weighted by atomic mass is 19.3. The smallest absolute Gasteiger partial charge is 0.251 e. The second kappa shape index (κ2) is 4.39. The number of halogens is 2. The second-order valence-electron chi connectivity index (χ2n) is 4.37. The van der Waals surface area contributed by atoms with Crippen LogP contribution in [-0.4, -0.2) is 26.1 Å². The minimum atomic E-state index is -2.52. The summed E-state index contributed by atoms with van der Waals surface area (Å²) in [6.45, 7) is 0.732. The number of nitrogens with one attached hydrogen (secondary N) is 1. The number of nitrogen functional groups attached to an aromatic ring is 1. The van der Waals surface area contributed by atoms with Crippen LogP contribution in [0.15, 0.2) is 18.2 Å². The van der Waals surface area contributed by atoms with Gasteiger partial charge in [-0.25, -0.2) is 8.78 Å². The Morgan fingerprint density at radius 2 is 1.94 bits per heavy atom. The number of nitrogens with zero attached hydrogens (tertiary/aromatic N) is 1. The van der Waals surface area contributed by atoms with Gasteiger partial charge in [-0.2, -0.15) is 0 Å². The van der Waals surface area contributed by atoms with Crippen LogP contribution in [-0.2, 0) is 0 Å². The highest BCUT2D eigenvalue weighted by molar-refractivity contribution is 5.74. The first-order valence-corrected chi connectivity index (χ1v) is 5.72. The van der Waals surface area contributed by atoms with E-state index in [0.29, 0.717) is 18.8 Å². The molecule has 0 unspecified atom stereocenters. The maximum Gasteiger partial charge on any atom is 0.251 e. The van der Waals surface area contributed by atoms with Crippen molar-refractivity contribution in [2.75, 3.05) is 36.1 Å². The third-order valence-electron chi connectivity index (χ3n) is 3.13. The van der Waals surface area contributed by atoms with Gasteiger partial charge in [0, 0.05) is 38.7 Å². The second-order valence-corrected chi connectivity index (χ2v) is 4.37. The Labute approximate surface area is 99.6 Å². The summed E-state index contributed by atoms with van der Waals surface area (Å²) in [6, 6.07) is 5.50. The molecule has 2 rings (SSSR count). The summed E-state index contributed by atoms with van der Waals surface area (Å²) in [4.78, 5) is 1.96. The zero-order chi connectivity index (χ0) is 12.5. The molecule has 0 aliphatic carbocycles. The first kappa shape index (κ1) is 12.0. The quantitative estimate of drug-likeness (QED) is 0.782. The molecule has 1 fully saturated rings. The molecule has 5 heteroatoms. The molecule has 0 saturated carbocycles. The largest absolute Gasteiger partial charge is 0.399 e. The van der Waals surface area contributed by atoms with E-state index < -0.39 is 5.92 Å². The molecule has 1 aromatic carbocycles. The Bertz CT molecular complexity index is 397. The summed E-state index contributed by atoms with van der Waals surface area (Å²) in [5.74, 6) is -2.52. The highest BCUT2D eigenvalue weighted by Crippen LogP contribution is 2.34. The van der Waals surface area contributed by atoms with Gasteiger partial charge in [-0.3, -0.25) is 0 Å². The average molecular weight is 241 g/mol. The van der Waals surface area contributed by atoms with E-state index >= 15 is 0 Å². The lowest BCUT2D eigenvalue weighted by Crippen LogP contribution is -2.39. The molecule has 0 bridgehead atoms. The molecule has 0 spiro atoms. The third-order valence-corrected chi connectivity index (χ3v) is 3.13. The molecule has 1 heterocycles. The van der Waals surface area contributed by atoms with Crippen molar-refractivity contribution in [1.29, 1.82) is 0 Å². The van der Waals surface area contributed by atoms with E-state index in [2.05, 4.69) is 5.32 Å². The average Bonchev–Trinajstić information content (AvgIpc) is 2.29. The van der Waals surface area contributed by atoms with Gasteiger partial charge < -0.3 is 16.0 Å². The summed E-state index contributed by atoms with van der Waals surface area (Å²) >= 11 is 0. The van der Waals surface area contributed by atoms with Gasteiger partial charge in [-0.1, -0.05) is 0 Å². The van der Waals surface area contributed by atoms with Crippen LogP contribution in [0, 0.1) is 0 Å². The number of anilines is 3. The van der Waals surface area contributed by atoms with Gasteiger partial charge in [0.25, 0.3) is 5.92 Å². The molecule has 1 saturated heterocycles. The molecule has 1 aliphatic rings. The van der Waals surface area contributed by atoms with Crippen LogP contribution < -0.4 is 16.0 Å². The van der Waals surface area contributed by atoms with Crippen molar-refractivity contribution in [3.63, 3.8) is 0 Å². The number of rotatable bonds is 2. The minimum Gasteiger partial charge on any atom is -0.399 e. The maximum absolute atomic E-state index is 13.1. The van der Waals surface area contributed by atoms with E-state index in [1.54, 1.807) is 6.07 Å². The van der Waals surface area contributed by atoms with Crippen LogP contribution in [0.25, 0.3) is 0 Å². The molecule has 1 aromatic rings. The third kappa shape index (κ3) is 2.60. The zero-order valence-electron chi connectivity index (χ0n) is 9.84. The van der Waals surface area contributed by atoms with Gasteiger partial charge in [-0.05, 0) is 18.2 Å². The lowest BCUT2D eigenvalue weighted by Gasteiger charge is -2.34. The van der Waals surface area contributed by atoms with Crippen LogP contribution in [0.1, 0.15) is 12.8 Å².